The van der Waals surface area contributed by atoms with Crippen LogP contribution in [0.1, 0.15) is 132 Å². The van der Waals surface area contributed by atoms with Crippen molar-refractivity contribution in [2.75, 3.05) is 4.90 Å². The maximum absolute atomic E-state index is 12.3. The second-order valence-electron chi connectivity index (χ2n) is 21.9. The van der Waals surface area contributed by atoms with Crippen molar-refractivity contribution >= 4 is 62.4 Å². The van der Waals surface area contributed by atoms with Gasteiger partial charge in [0.15, 0.2) is 23.0 Å². The summed E-state index contributed by atoms with van der Waals surface area (Å²) in [6.07, 6.45) is 0. The summed E-state index contributed by atoms with van der Waals surface area (Å²) in [4.78, 5) is 2.35. The van der Waals surface area contributed by atoms with E-state index in [1.54, 1.807) is 0 Å². The van der Waals surface area contributed by atoms with Crippen molar-refractivity contribution in [3.63, 3.8) is 0 Å². The van der Waals surface area contributed by atoms with Crippen LogP contribution in [0.4, 0.5) is 17.1 Å². The van der Waals surface area contributed by atoms with Gasteiger partial charge < -0.3 is 29.9 Å². The van der Waals surface area contributed by atoms with Crippen molar-refractivity contribution in [2.24, 2.45) is 0 Å². The first kappa shape index (κ1) is 40.3. The predicted octanol–water partition coefficient (Wildman–Crippen LogP) is 11.0. The van der Waals surface area contributed by atoms with E-state index in [4.69, 9.17) is 9.15 Å². The first-order valence-electron chi connectivity index (χ1n) is 20.7. The summed E-state index contributed by atoms with van der Waals surface area (Å²) in [5.41, 5.74) is 9.20. The fraction of sp³-hybridized carbons (Fsp3) is 0.400. The van der Waals surface area contributed by atoms with Crippen LogP contribution >= 0.6 is 0 Å². The third-order valence-corrected chi connectivity index (χ3v) is 12.3. The largest absolute Gasteiger partial charge is 0.504 e. The van der Waals surface area contributed by atoms with Gasteiger partial charge >= 0.3 is 0 Å². The molecule has 3 heterocycles. The van der Waals surface area contributed by atoms with Crippen LogP contribution < -0.4 is 21.3 Å². The van der Waals surface area contributed by atoms with Gasteiger partial charge in [0, 0.05) is 33.9 Å². The fourth-order valence-corrected chi connectivity index (χ4v) is 9.04. The third kappa shape index (κ3) is 6.09. The number of fused-ring (bicyclic) bond motifs is 6. The second-order valence-corrected chi connectivity index (χ2v) is 21.9. The van der Waals surface area contributed by atoms with Crippen LogP contribution in [0.15, 0.2) is 69.8 Å². The van der Waals surface area contributed by atoms with E-state index in [9.17, 15) is 20.4 Å². The van der Waals surface area contributed by atoms with Gasteiger partial charge in [0.25, 0.3) is 6.71 Å². The number of nitrogens with zero attached hydrogens (tertiary/aromatic N) is 2. The van der Waals surface area contributed by atoms with E-state index >= 15 is 0 Å². The van der Waals surface area contributed by atoms with E-state index in [0.717, 1.165) is 39.0 Å². The zero-order valence-corrected chi connectivity index (χ0v) is 37.4. The molecule has 0 unspecified atom stereocenters. The van der Waals surface area contributed by atoms with Gasteiger partial charge in [-0.2, -0.15) is 0 Å². The lowest BCUT2D eigenvalue weighted by Gasteiger charge is -2.42. The molecule has 0 radical (unpaired) electrons. The second kappa shape index (κ2) is 12.5. The highest BCUT2D eigenvalue weighted by Crippen LogP contribution is 2.52. The number of benzene rings is 5. The number of rotatable bonds is 1. The Hall–Kier alpha value is -5.44. The molecule has 8 rings (SSSR count). The maximum atomic E-state index is 12.3. The average molecular weight is 795 g/mol. The fourth-order valence-electron chi connectivity index (χ4n) is 9.04. The van der Waals surface area contributed by atoms with Crippen LogP contribution in [0.5, 0.6) is 23.0 Å². The Morgan fingerprint density at radius 2 is 1.00 bits per heavy atom. The first-order valence-corrected chi connectivity index (χ1v) is 20.7. The molecule has 0 atom stereocenters. The van der Waals surface area contributed by atoms with E-state index in [2.05, 4.69) is 128 Å². The zero-order chi connectivity index (χ0) is 43.3. The third-order valence-electron chi connectivity index (χ3n) is 12.3. The van der Waals surface area contributed by atoms with Crippen molar-refractivity contribution in [1.29, 1.82) is 0 Å². The standard InChI is InChI=1S/C50H59BN2O6/c1-46(2,3)26-16-19-29(20-17-26)52-33-21-18-27(47(4,5)6)22-31(33)51-32-25-30(49(10,11)12)40(54)44-38(32)53(35-24-28(48(7,8)9)23-34(52)37(35)51)39-43(57)41(55)36(50(13,14)15)42(56)45(39)59-58-44/h16-25,54-57H,1-15H3. The molecule has 8 nitrogen and oxygen atoms in total. The SMILES string of the molecule is CC(C)(C)c1ccc(N2c3ccc(C(C)(C)C)cc3B3c4c2cc(C(C)(C)C)cc4-n2c4c3cc(C(C)(C)C)c(O)c4ooc3c(O)c(C(C)(C)C)c(O)c(O)c32)cc1. The molecular weight excluding hydrogens is 735 g/mol. The first-order chi connectivity index (χ1) is 27.1. The number of hydrogen-bond acceptors (Lipinski definition) is 7. The molecule has 0 saturated heterocycles. The molecule has 5 aromatic carbocycles. The number of anilines is 3. The van der Waals surface area contributed by atoms with Gasteiger partial charge in [-0.05, 0) is 90.5 Å². The van der Waals surface area contributed by atoms with Crippen molar-refractivity contribution in [2.45, 2.75) is 131 Å². The Morgan fingerprint density at radius 3 is 1.54 bits per heavy atom. The number of aromatic nitrogens is 1. The molecule has 1 aromatic heterocycles. The molecule has 2 aliphatic heterocycles. The molecule has 0 bridgehead atoms. The Kier molecular flexibility index (Phi) is 8.58. The molecule has 0 spiro atoms. The highest BCUT2D eigenvalue weighted by Gasteiger charge is 2.45. The van der Waals surface area contributed by atoms with Gasteiger partial charge in [-0.25, -0.2) is 0 Å². The molecule has 0 saturated carbocycles. The van der Waals surface area contributed by atoms with E-state index in [1.165, 1.54) is 11.1 Å². The van der Waals surface area contributed by atoms with Crippen molar-refractivity contribution in [3.05, 3.63) is 88.5 Å². The minimum Gasteiger partial charge on any atom is -0.504 e. The topological polar surface area (TPSA) is 115 Å². The molecule has 0 aliphatic carbocycles. The zero-order valence-electron chi connectivity index (χ0n) is 37.4. The van der Waals surface area contributed by atoms with Gasteiger partial charge in [-0.3, -0.25) is 9.15 Å². The summed E-state index contributed by atoms with van der Waals surface area (Å²) in [6, 6.07) is 22.1. The van der Waals surface area contributed by atoms with Crippen LogP contribution in [0.2, 0.25) is 0 Å². The Balaban J connectivity index is 1.67. The summed E-state index contributed by atoms with van der Waals surface area (Å²) < 4.78 is 14.1. The highest BCUT2D eigenvalue weighted by molar-refractivity contribution is 7.00. The lowest BCUT2D eigenvalue weighted by molar-refractivity contribution is 0.0873. The molecule has 4 N–H and O–H groups in total. The molecule has 0 amide bonds. The molecule has 308 valence electrons. The average Bonchev–Trinajstić information content (AvgIpc) is 3.29. The van der Waals surface area contributed by atoms with Gasteiger partial charge in [-0.1, -0.05) is 134 Å². The van der Waals surface area contributed by atoms with Crippen LogP contribution in [0.25, 0.3) is 27.9 Å². The van der Waals surface area contributed by atoms with E-state index in [0.29, 0.717) is 16.8 Å². The van der Waals surface area contributed by atoms with Crippen molar-refractivity contribution in [3.8, 4) is 28.7 Å². The number of phenols is 4. The Bertz CT molecular complexity index is 2780. The summed E-state index contributed by atoms with van der Waals surface area (Å²) in [5.74, 6) is -1.40. The number of phenolic OH excluding ortho intramolecular Hbond substituents is 4. The lowest BCUT2D eigenvalue weighted by Crippen LogP contribution is -2.61. The van der Waals surface area contributed by atoms with Gasteiger partial charge in [0.05, 0.1) is 5.52 Å². The van der Waals surface area contributed by atoms with Crippen molar-refractivity contribution in [1.82, 2.24) is 4.57 Å². The van der Waals surface area contributed by atoms with E-state index < -0.39 is 22.3 Å². The highest BCUT2D eigenvalue weighted by atomic mass is 17.0. The quantitative estimate of drug-likeness (QED) is 0.0566. The molecule has 6 aromatic rings. The summed E-state index contributed by atoms with van der Waals surface area (Å²) >= 11 is 0. The van der Waals surface area contributed by atoms with Gasteiger partial charge in [0.1, 0.15) is 5.52 Å². The minimum atomic E-state index is -0.800. The van der Waals surface area contributed by atoms with Gasteiger partial charge in [0.2, 0.25) is 11.2 Å². The summed E-state index contributed by atoms with van der Waals surface area (Å²) in [6.45, 7) is 31.1. The lowest BCUT2D eigenvalue weighted by atomic mass is 9.33. The van der Waals surface area contributed by atoms with Crippen LogP contribution in [-0.2, 0) is 27.1 Å². The van der Waals surface area contributed by atoms with Crippen LogP contribution in [0.3, 0.4) is 0 Å². The molecule has 59 heavy (non-hydrogen) atoms. The number of aromatic hydroxyl groups is 4. The smallest absolute Gasteiger partial charge is 0.252 e. The van der Waals surface area contributed by atoms with Gasteiger partial charge in [-0.15, -0.1) is 0 Å². The molecule has 0 fully saturated rings. The molecule has 2 aliphatic rings. The van der Waals surface area contributed by atoms with Crippen molar-refractivity contribution < 1.29 is 29.6 Å². The van der Waals surface area contributed by atoms with E-state index in [-0.39, 0.29) is 56.7 Å². The molecular formula is C50H59BN2O6. The molecule has 9 heteroatoms. The maximum Gasteiger partial charge on any atom is 0.252 e. The van der Waals surface area contributed by atoms with Crippen LogP contribution in [-0.4, -0.2) is 31.7 Å². The predicted molar refractivity (Wildman–Crippen MR) is 242 cm³/mol. The minimum absolute atomic E-state index is 0.0120. The summed E-state index contributed by atoms with van der Waals surface area (Å²) in [5, 5.41) is 48.5. The summed E-state index contributed by atoms with van der Waals surface area (Å²) in [7, 11) is 0. The van der Waals surface area contributed by atoms with E-state index in [1.807, 2.05) is 46.1 Å². The Morgan fingerprint density at radius 1 is 0.458 bits per heavy atom. The number of hydrogen-bond donors (Lipinski definition) is 4. The van der Waals surface area contributed by atoms with Crippen LogP contribution in [0, 0.1) is 0 Å². The Labute approximate surface area is 348 Å². The monoisotopic (exact) mass is 794 g/mol. The normalized spacial score (nSPS) is 14.2.